The molecule has 130 valence electrons. The minimum atomic E-state index is -0.524. The van der Waals surface area contributed by atoms with E-state index in [9.17, 15) is 4.79 Å². The van der Waals surface area contributed by atoms with Gasteiger partial charge in [-0.25, -0.2) is 4.79 Å². The molecule has 0 saturated heterocycles. The Morgan fingerprint density at radius 2 is 1.45 bits per heavy atom. The van der Waals surface area contributed by atoms with Crippen molar-refractivity contribution in [3.8, 4) is 0 Å². The fourth-order valence-corrected chi connectivity index (χ4v) is 2.06. The van der Waals surface area contributed by atoms with Crippen LogP contribution in [0.3, 0.4) is 0 Å². The lowest BCUT2D eigenvalue weighted by molar-refractivity contribution is 0.0465. The molecule has 0 heterocycles. The molecule has 0 N–H and O–H groups in total. The van der Waals surface area contributed by atoms with Crippen molar-refractivity contribution in [2.45, 2.75) is 85.0 Å². The molecular weight excluding hydrogens is 276 g/mol. The van der Waals surface area contributed by atoms with Gasteiger partial charge in [-0.05, 0) is 31.6 Å². The Kier molecular flexibility index (Phi) is 15.6. The summed E-state index contributed by atoms with van der Waals surface area (Å²) in [5.74, 6) is 0.356. The highest BCUT2D eigenvalue weighted by Gasteiger charge is 2.04. The van der Waals surface area contributed by atoms with Gasteiger partial charge in [0.2, 0.25) is 0 Å². The molecule has 0 aliphatic rings. The molecule has 0 fully saturated rings. The van der Waals surface area contributed by atoms with Crippen molar-refractivity contribution in [3.63, 3.8) is 0 Å². The zero-order chi connectivity index (χ0) is 16.5. The topological polar surface area (TPSA) is 35.5 Å². The van der Waals surface area contributed by atoms with Gasteiger partial charge >= 0.3 is 6.16 Å². The van der Waals surface area contributed by atoms with Crippen LogP contribution in [-0.4, -0.2) is 19.4 Å². The second kappa shape index (κ2) is 16.4. The monoisotopic (exact) mass is 312 g/mol. The SMILES string of the molecule is CCCCC=CCCCCCCCCOC(=O)OCC(C)C. The van der Waals surface area contributed by atoms with E-state index in [0.717, 1.165) is 12.8 Å². The highest BCUT2D eigenvalue weighted by Crippen LogP contribution is 2.08. The second-order valence-electron chi connectivity index (χ2n) is 6.33. The molecule has 0 bridgehead atoms. The average molecular weight is 312 g/mol. The van der Waals surface area contributed by atoms with Crippen molar-refractivity contribution in [3.05, 3.63) is 12.2 Å². The summed E-state index contributed by atoms with van der Waals surface area (Å²) in [7, 11) is 0. The predicted molar refractivity (Wildman–Crippen MR) is 93.1 cm³/mol. The lowest BCUT2D eigenvalue weighted by atomic mass is 10.1. The summed E-state index contributed by atoms with van der Waals surface area (Å²) in [6.07, 6.45) is 16.3. The van der Waals surface area contributed by atoms with Crippen LogP contribution in [0.2, 0.25) is 0 Å². The zero-order valence-corrected chi connectivity index (χ0v) is 14.9. The van der Waals surface area contributed by atoms with Gasteiger partial charge in [0.1, 0.15) is 0 Å². The maximum absolute atomic E-state index is 11.2. The van der Waals surface area contributed by atoms with Crippen LogP contribution in [0.15, 0.2) is 12.2 Å². The van der Waals surface area contributed by atoms with Crippen molar-refractivity contribution < 1.29 is 14.3 Å². The van der Waals surface area contributed by atoms with E-state index < -0.39 is 6.16 Å². The molecule has 0 aromatic carbocycles. The van der Waals surface area contributed by atoms with Crippen LogP contribution in [0.1, 0.15) is 85.0 Å². The maximum atomic E-state index is 11.2. The van der Waals surface area contributed by atoms with Gasteiger partial charge in [0.05, 0.1) is 13.2 Å². The number of rotatable bonds is 14. The van der Waals surface area contributed by atoms with Gasteiger partial charge in [0.25, 0.3) is 0 Å². The Hall–Kier alpha value is -0.990. The van der Waals surface area contributed by atoms with Crippen molar-refractivity contribution in [2.24, 2.45) is 5.92 Å². The summed E-state index contributed by atoms with van der Waals surface area (Å²) in [5.41, 5.74) is 0. The third kappa shape index (κ3) is 17.1. The highest BCUT2D eigenvalue weighted by molar-refractivity contribution is 5.59. The fraction of sp³-hybridized carbons (Fsp3) is 0.842. The van der Waals surface area contributed by atoms with E-state index in [1.807, 2.05) is 13.8 Å². The van der Waals surface area contributed by atoms with E-state index in [4.69, 9.17) is 9.47 Å². The fourth-order valence-electron chi connectivity index (χ4n) is 2.06. The quantitative estimate of drug-likeness (QED) is 0.215. The minimum absolute atomic E-state index is 0.356. The van der Waals surface area contributed by atoms with E-state index in [2.05, 4.69) is 19.1 Å². The first kappa shape index (κ1) is 21.0. The number of carbonyl (C=O) groups excluding carboxylic acids is 1. The number of hydrogen-bond acceptors (Lipinski definition) is 3. The van der Waals surface area contributed by atoms with Crippen molar-refractivity contribution >= 4 is 6.16 Å². The highest BCUT2D eigenvalue weighted by atomic mass is 16.7. The van der Waals surface area contributed by atoms with E-state index in [1.54, 1.807) is 0 Å². The van der Waals surface area contributed by atoms with E-state index in [-0.39, 0.29) is 0 Å². The first-order valence-electron chi connectivity index (χ1n) is 9.11. The summed E-state index contributed by atoms with van der Waals surface area (Å²) in [6.45, 7) is 7.17. The molecule has 3 heteroatoms. The summed E-state index contributed by atoms with van der Waals surface area (Å²) < 4.78 is 9.96. The zero-order valence-electron chi connectivity index (χ0n) is 14.9. The summed E-state index contributed by atoms with van der Waals surface area (Å²) >= 11 is 0. The van der Waals surface area contributed by atoms with Gasteiger partial charge in [0, 0.05) is 0 Å². The summed E-state index contributed by atoms with van der Waals surface area (Å²) in [4.78, 5) is 11.2. The molecule has 0 aliphatic heterocycles. The van der Waals surface area contributed by atoms with Gasteiger partial charge in [-0.1, -0.05) is 71.4 Å². The molecular formula is C19H36O3. The van der Waals surface area contributed by atoms with Gasteiger partial charge in [-0.3, -0.25) is 0 Å². The van der Waals surface area contributed by atoms with Crippen LogP contribution in [0.4, 0.5) is 4.79 Å². The molecule has 0 saturated carbocycles. The molecule has 22 heavy (non-hydrogen) atoms. The molecule has 0 spiro atoms. The van der Waals surface area contributed by atoms with Crippen LogP contribution in [0, 0.1) is 5.92 Å². The van der Waals surface area contributed by atoms with E-state index in [1.165, 1.54) is 51.4 Å². The Morgan fingerprint density at radius 1 is 0.864 bits per heavy atom. The predicted octanol–water partition coefficient (Wildman–Crippen LogP) is 6.27. The standard InChI is InChI=1S/C19H36O3/c1-4-5-6-7-8-9-10-11-12-13-14-15-16-21-19(20)22-17-18(2)3/h7-8,18H,4-6,9-17H2,1-3H3. The van der Waals surface area contributed by atoms with E-state index >= 15 is 0 Å². The molecule has 0 rings (SSSR count). The number of allylic oxidation sites excluding steroid dienone is 2. The molecule has 0 aliphatic carbocycles. The van der Waals surface area contributed by atoms with Crippen LogP contribution in [0.5, 0.6) is 0 Å². The normalized spacial score (nSPS) is 11.3. The molecule has 0 unspecified atom stereocenters. The average Bonchev–Trinajstić information content (AvgIpc) is 2.49. The smallest absolute Gasteiger partial charge is 0.434 e. The number of hydrogen-bond donors (Lipinski definition) is 0. The van der Waals surface area contributed by atoms with Gasteiger partial charge in [-0.2, -0.15) is 0 Å². The van der Waals surface area contributed by atoms with Gasteiger partial charge in [-0.15, -0.1) is 0 Å². The van der Waals surface area contributed by atoms with Gasteiger partial charge < -0.3 is 9.47 Å². The third-order valence-electron chi connectivity index (χ3n) is 3.41. The molecule has 0 aromatic rings. The van der Waals surface area contributed by atoms with Gasteiger partial charge in [0.15, 0.2) is 0 Å². The Labute approximate surface area is 137 Å². The second-order valence-corrected chi connectivity index (χ2v) is 6.33. The van der Waals surface area contributed by atoms with Crippen LogP contribution < -0.4 is 0 Å². The molecule has 3 nitrogen and oxygen atoms in total. The Balaban J connectivity index is 3.17. The Bertz CT molecular complexity index is 272. The minimum Gasteiger partial charge on any atom is -0.434 e. The largest absolute Gasteiger partial charge is 0.508 e. The van der Waals surface area contributed by atoms with Crippen LogP contribution >= 0.6 is 0 Å². The number of ether oxygens (including phenoxy) is 2. The Morgan fingerprint density at radius 3 is 2.09 bits per heavy atom. The third-order valence-corrected chi connectivity index (χ3v) is 3.41. The van der Waals surface area contributed by atoms with Crippen molar-refractivity contribution in [1.82, 2.24) is 0 Å². The first-order chi connectivity index (χ1) is 10.7. The van der Waals surface area contributed by atoms with Crippen molar-refractivity contribution in [1.29, 1.82) is 0 Å². The lowest BCUT2D eigenvalue weighted by Gasteiger charge is -2.07. The number of carbonyl (C=O) groups is 1. The summed E-state index contributed by atoms with van der Waals surface area (Å²) in [5, 5.41) is 0. The molecule has 0 radical (unpaired) electrons. The molecule has 0 aromatic heterocycles. The molecule has 0 amide bonds. The summed E-state index contributed by atoms with van der Waals surface area (Å²) in [6, 6.07) is 0. The van der Waals surface area contributed by atoms with E-state index in [0.29, 0.717) is 19.1 Å². The lowest BCUT2D eigenvalue weighted by Crippen LogP contribution is -2.12. The number of unbranched alkanes of at least 4 members (excludes halogenated alkanes) is 8. The van der Waals surface area contributed by atoms with Crippen molar-refractivity contribution in [2.75, 3.05) is 13.2 Å². The van der Waals surface area contributed by atoms with Crippen LogP contribution in [-0.2, 0) is 9.47 Å². The first-order valence-corrected chi connectivity index (χ1v) is 9.11. The van der Waals surface area contributed by atoms with Crippen LogP contribution in [0.25, 0.3) is 0 Å². The maximum Gasteiger partial charge on any atom is 0.508 e. The molecule has 0 atom stereocenters.